The number of carboxylic acids is 1. The zero-order chi connectivity index (χ0) is 16.3. The number of hydrogen-bond acceptors (Lipinski definition) is 4. The standard InChI is InChI=1S/C15H24N4O3/c1-11-9-12(2)19(16-11)6-4-5-14(20)18-8-7-17(3)13(10-18)15(21)22/h9,13H,4-8,10H2,1-3H3,(H,21,22). The van der Waals surface area contributed by atoms with Crippen LogP contribution in [0.5, 0.6) is 0 Å². The molecule has 1 atom stereocenters. The Bertz CT molecular complexity index is 555. The first kappa shape index (κ1) is 16.5. The van der Waals surface area contributed by atoms with E-state index < -0.39 is 12.0 Å². The molecule has 1 N–H and O–H groups in total. The number of nitrogens with zero attached hydrogens (tertiary/aromatic N) is 4. The van der Waals surface area contributed by atoms with Gasteiger partial charge in [0.2, 0.25) is 5.91 Å². The molecule has 7 nitrogen and oxygen atoms in total. The predicted molar refractivity (Wildman–Crippen MR) is 81.6 cm³/mol. The van der Waals surface area contributed by atoms with Crippen molar-refractivity contribution in [3.8, 4) is 0 Å². The highest BCUT2D eigenvalue weighted by Gasteiger charge is 2.31. The average molecular weight is 308 g/mol. The van der Waals surface area contributed by atoms with Gasteiger partial charge in [-0.25, -0.2) is 0 Å². The van der Waals surface area contributed by atoms with Crippen LogP contribution < -0.4 is 0 Å². The smallest absolute Gasteiger partial charge is 0.322 e. The summed E-state index contributed by atoms with van der Waals surface area (Å²) in [6, 6.07) is 1.41. The average Bonchev–Trinajstić information content (AvgIpc) is 2.77. The molecule has 0 bridgehead atoms. The minimum Gasteiger partial charge on any atom is -0.480 e. The summed E-state index contributed by atoms with van der Waals surface area (Å²) < 4.78 is 1.91. The second kappa shape index (κ2) is 6.91. The van der Waals surface area contributed by atoms with Crippen LogP contribution in [0.1, 0.15) is 24.2 Å². The molecule has 0 aromatic carbocycles. The molecule has 2 rings (SSSR count). The van der Waals surface area contributed by atoms with E-state index in [0.29, 0.717) is 32.5 Å². The second-order valence-corrected chi connectivity index (χ2v) is 5.93. The van der Waals surface area contributed by atoms with Gasteiger partial charge in [0.1, 0.15) is 6.04 Å². The Kier molecular flexibility index (Phi) is 5.18. The van der Waals surface area contributed by atoms with Crippen LogP contribution in [0.4, 0.5) is 0 Å². The molecule has 0 saturated carbocycles. The van der Waals surface area contributed by atoms with Gasteiger partial charge in [-0.3, -0.25) is 19.2 Å². The molecule has 22 heavy (non-hydrogen) atoms. The van der Waals surface area contributed by atoms with Crippen molar-refractivity contribution < 1.29 is 14.7 Å². The number of carbonyl (C=O) groups is 2. The highest BCUT2D eigenvalue weighted by molar-refractivity contribution is 5.79. The molecule has 1 saturated heterocycles. The molecule has 122 valence electrons. The van der Waals surface area contributed by atoms with Crippen LogP contribution in [0.25, 0.3) is 0 Å². The summed E-state index contributed by atoms with van der Waals surface area (Å²) in [7, 11) is 1.78. The lowest BCUT2D eigenvalue weighted by Gasteiger charge is -2.37. The van der Waals surface area contributed by atoms with Crippen LogP contribution in [0.3, 0.4) is 0 Å². The van der Waals surface area contributed by atoms with E-state index in [1.54, 1.807) is 16.8 Å². The number of carbonyl (C=O) groups excluding carboxylic acids is 1. The number of likely N-dealkylation sites (N-methyl/N-ethyl adjacent to an activating group) is 1. The van der Waals surface area contributed by atoms with Crippen molar-refractivity contribution in [1.29, 1.82) is 0 Å². The van der Waals surface area contributed by atoms with E-state index in [0.717, 1.165) is 11.4 Å². The number of hydrogen-bond donors (Lipinski definition) is 1. The fourth-order valence-electron chi connectivity index (χ4n) is 2.81. The van der Waals surface area contributed by atoms with Gasteiger partial charge >= 0.3 is 5.97 Å². The van der Waals surface area contributed by atoms with Crippen molar-refractivity contribution in [3.63, 3.8) is 0 Å². The van der Waals surface area contributed by atoms with Gasteiger partial charge in [-0.2, -0.15) is 5.10 Å². The molecule has 1 amide bonds. The molecular formula is C15H24N4O3. The SMILES string of the molecule is Cc1cc(C)n(CCCC(=O)N2CCN(C)C(C(=O)O)C2)n1. The first-order chi connectivity index (χ1) is 10.4. The summed E-state index contributed by atoms with van der Waals surface area (Å²) in [5.41, 5.74) is 2.07. The Hall–Kier alpha value is -1.89. The number of aliphatic carboxylic acids is 1. The summed E-state index contributed by atoms with van der Waals surface area (Å²) in [6.07, 6.45) is 1.14. The van der Waals surface area contributed by atoms with E-state index >= 15 is 0 Å². The Labute approximate surface area is 130 Å². The van der Waals surface area contributed by atoms with Gasteiger partial charge in [-0.15, -0.1) is 0 Å². The minimum atomic E-state index is -0.873. The van der Waals surface area contributed by atoms with E-state index in [2.05, 4.69) is 5.10 Å². The summed E-state index contributed by atoms with van der Waals surface area (Å²) in [5.74, 6) is -0.844. The Morgan fingerprint density at radius 3 is 2.68 bits per heavy atom. The first-order valence-electron chi connectivity index (χ1n) is 7.60. The molecule has 2 heterocycles. The topological polar surface area (TPSA) is 78.7 Å². The second-order valence-electron chi connectivity index (χ2n) is 5.93. The molecule has 1 aliphatic rings. The van der Waals surface area contributed by atoms with Crippen molar-refractivity contribution >= 4 is 11.9 Å². The monoisotopic (exact) mass is 308 g/mol. The van der Waals surface area contributed by atoms with Crippen LogP contribution in [-0.4, -0.2) is 69.3 Å². The third-order valence-corrected chi connectivity index (χ3v) is 4.15. The minimum absolute atomic E-state index is 0.0286. The lowest BCUT2D eigenvalue weighted by Crippen LogP contribution is -2.56. The summed E-state index contributed by atoms with van der Waals surface area (Å²) in [5, 5.41) is 13.5. The summed E-state index contributed by atoms with van der Waals surface area (Å²) in [4.78, 5) is 26.9. The molecule has 1 aromatic heterocycles. The number of rotatable bonds is 5. The van der Waals surface area contributed by atoms with Crippen LogP contribution in [-0.2, 0) is 16.1 Å². The fourth-order valence-corrected chi connectivity index (χ4v) is 2.81. The summed E-state index contributed by atoms with van der Waals surface area (Å²) in [6.45, 7) is 6.12. The van der Waals surface area contributed by atoms with Crippen LogP contribution in [0.2, 0.25) is 0 Å². The van der Waals surface area contributed by atoms with E-state index in [1.807, 2.05) is 24.6 Å². The molecule has 1 aromatic rings. The molecule has 0 aliphatic carbocycles. The van der Waals surface area contributed by atoms with Crippen LogP contribution >= 0.6 is 0 Å². The van der Waals surface area contributed by atoms with Gasteiger partial charge in [-0.1, -0.05) is 0 Å². The Balaban J connectivity index is 1.82. The van der Waals surface area contributed by atoms with Crippen LogP contribution in [0, 0.1) is 13.8 Å². The zero-order valence-electron chi connectivity index (χ0n) is 13.4. The molecule has 0 spiro atoms. The molecule has 7 heteroatoms. The van der Waals surface area contributed by atoms with E-state index in [4.69, 9.17) is 0 Å². The number of piperazine rings is 1. The van der Waals surface area contributed by atoms with Crippen molar-refractivity contribution in [3.05, 3.63) is 17.5 Å². The number of aryl methyl sites for hydroxylation is 3. The lowest BCUT2D eigenvalue weighted by atomic mass is 10.1. The van der Waals surface area contributed by atoms with Crippen molar-refractivity contribution in [2.45, 2.75) is 39.3 Å². The molecule has 1 fully saturated rings. The highest BCUT2D eigenvalue weighted by Crippen LogP contribution is 2.11. The molecular weight excluding hydrogens is 284 g/mol. The van der Waals surface area contributed by atoms with Gasteiger partial charge < -0.3 is 10.0 Å². The zero-order valence-corrected chi connectivity index (χ0v) is 13.4. The van der Waals surface area contributed by atoms with Gasteiger partial charge in [0.05, 0.1) is 5.69 Å². The normalized spacial score (nSPS) is 19.4. The third-order valence-electron chi connectivity index (χ3n) is 4.15. The van der Waals surface area contributed by atoms with E-state index in [9.17, 15) is 14.7 Å². The maximum absolute atomic E-state index is 12.2. The number of carboxylic acid groups (broad SMARTS) is 1. The van der Waals surface area contributed by atoms with E-state index in [-0.39, 0.29) is 12.5 Å². The van der Waals surface area contributed by atoms with E-state index in [1.165, 1.54) is 0 Å². The van der Waals surface area contributed by atoms with Gasteiger partial charge in [0, 0.05) is 38.3 Å². The molecule has 1 unspecified atom stereocenters. The maximum atomic E-state index is 12.2. The summed E-state index contributed by atoms with van der Waals surface area (Å²) >= 11 is 0. The van der Waals surface area contributed by atoms with Crippen molar-refractivity contribution in [2.24, 2.45) is 0 Å². The van der Waals surface area contributed by atoms with Crippen molar-refractivity contribution in [1.82, 2.24) is 19.6 Å². The van der Waals surface area contributed by atoms with Gasteiger partial charge in [0.25, 0.3) is 0 Å². The Morgan fingerprint density at radius 2 is 2.09 bits per heavy atom. The van der Waals surface area contributed by atoms with Gasteiger partial charge in [-0.05, 0) is 33.4 Å². The fraction of sp³-hybridized carbons (Fsp3) is 0.667. The third kappa shape index (κ3) is 3.85. The highest BCUT2D eigenvalue weighted by atomic mass is 16.4. The Morgan fingerprint density at radius 1 is 1.36 bits per heavy atom. The maximum Gasteiger partial charge on any atom is 0.322 e. The largest absolute Gasteiger partial charge is 0.480 e. The lowest BCUT2D eigenvalue weighted by molar-refractivity contribution is -0.147. The number of amides is 1. The van der Waals surface area contributed by atoms with Crippen molar-refractivity contribution in [2.75, 3.05) is 26.7 Å². The van der Waals surface area contributed by atoms with Crippen LogP contribution in [0.15, 0.2) is 6.07 Å². The van der Waals surface area contributed by atoms with Gasteiger partial charge in [0.15, 0.2) is 0 Å². The molecule has 1 aliphatic heterocycles. The first-order valence-corrected chi connectivity index (χ1v) is 7.60. The predicted octanol–water partition coefficient (Wildman–Crippen LogP) is 0.507. The quantitative estimate of drug-likeness (QED) is 0.857. The molecule has 0 radical (unpaired) electrons. The number of aromatic nitrogens is 2.